The first-order chi connectivity index (χ1) is 13.3. The number of hydrogen-bond donors (Lipinski definition) is 1. The summed E-state index contributed by atoms with van der Waals surface area (Å²) in [6.45, 7) is 3.23. The second-order valence-corrected chi connectivity index (χ2v) is 6.19. The molecule has 1 amide bonds. The fourth-order valence-corrected chi connectivity index (χ4v) is 2.95. The molecule has 0 atom stereocenters. The summed E-state index contributed by atoms with van der Waals surface area (Å²) >= 11 is 0. The zero-order chi connectivity index (χ0) is 18.5. The Kier molecular flexibility index (Phi) is 4.95. The molecular weight excluding hydrogens is 344 g/mol. The maximum Gasteiger partial charge on any atom is 0.272 e. The first kappa shape index (κ1) is 17.0. The largest absolute Gasteiger partial charge is 0.467 e. The van der Waals surface area contributed by atoms with Crippen LogP contribution in [0.1, 0.15) is 16.2 Å². The van der Waals surface area contributed by atoms with Gasteiger partial charge in [0.1, 0.15) is 11.5 Å². The van der Waals surface area contributed by atoms with Crippen LogP contribution in [0.5, 0.6) is 0 Å². The molecule has 1 saturated heterocycles. The Morgan fingerprint density at radius 1 is 1.04 bits per heavy atom. The second kappa shape index (κ2) is 7.86. The third-order valence-corrected chi connectivity index (χ3v) is 4.43. The van der Waals surface area contributed by atoms with Gasteiger partial charge in [0, 0.05) is 38.6 Å². The summed E-state index contributed by atoms with van der Waals surface area (Å²) < 4.78 is 5.28. The van der Waals surface area contributed by atoms with Gasteiger partial charge in [0.25, 0.3) is 5.91 Å². The topological polar surface area (TPSA) is 87.4 Å². The van der Waals surface area contributed by atoms with E-state index in [9.17, 15) is 4.79 Å². The van der Waals surface area contributed by atoms with Crippen LogP contribution in [-0.4, -0.2) is 51.9 Å². The van der Waals surface area contributed by atoms with Gasteiger partial charge in [-0.3, -0.25) is 4.79 Å². The Bertz CT molecular complexity index is 859. The zero-order valence-corrected chi connectivity index (χ0v) is 14.8. The van der Waals surface area contributed by atoms with Gasteiger partial charge in [-0.05, 0) is 30.3 Å². The number of furan rings is 1. The summed E-state index contributed by atoms with van der Waals surface area (Å²) in [5, 5.41) is 3.21. The fourth-order valence-electron chi connectivity index (χ4n) is 2.95. The lowest BCUT2D eigenvalue weighted by Crippen LogP contribution is -2.49. The van der Waals surface area contributed by atoms with Crippen LogP contribution in [0.2, 0.25) is 0 Å². The molecule has 1 fully saturated rings. The van der Waals surface area contributed by atoms with Gasteiger partial charge in [-0.15, -0.1) is 0 Å². The molecule has 8 heteroatoms. The minimum Gasteiger partial charge on any atom is -0.467 e. The number of anilines is 2. The van der Waals surface area contributed by atoms with Gasteiger partial charge in [0.15, 0.2) is 0 Å². The molecule has 0 aromatic carbocycles. The van der Waals surface area contributed by atoms with E-state index in [1.807, 2.05) is 23.1 Å². The lowest BCUT2D eigenvalue weighted by atomic mass is 10.2. The molecule has 1 N–H and O–H groups in total. The molecule has 0 saturated carbocycles. The van der Waals surface area contributed by atoms with Gasteiger partial charge in [-0.2, -0.15) is 0 Å². The van der Waals surface area contributed by atoms with Crippen molar-refractivity contribution in [2.24, 2.45) is 0 Å². The zero-order valence-electron chi connectivity index (χ0n) is 14.8. The van der Waals surface area contributed by atoms with Gasteiger partial charge in [0.05, 0.1) is 24.7 Å². The third kappa shape index (κ3) is 4.05. The molecule has 0 spiro atoms. The Balaban J connectivity index is 1.32. The minimum atomic E-state index is -0.0544. The van der Waals surface area contributed by atoms with Crippen LogP contribution in [0.15, 0.2) is 59.6 Å². The van der Waals surface area contributed by atoms with Gasteiger partial charge in [-0.1, -0.05) is 0 Å². The van der Waals surface area contributed by atoms with Crippen LogP contribution < -0.4 is 10.2 Å². The first-order valence-corrected chi connectivity index (χ1v) is 8.83. The van der Waals surface area contributed by atoms with E-state index in [0.29, 0.717) is 44.4 Å². The molecule has 1 aliphatic rings. The van der Waals surface area contributed by atoms with Crippen molar-refractivity contribution in [2.45, 2.75) is 6.54 Å². The predicted octanol–water partition coefficient (Wildman–Crippen LogP) is 2.04. The minimum absolute atomic E-state index is 0.0544. The average molecular weight is 364 g/mol. The molecule has 4 heterocycles. The highest BCUT2D eigenvalue weighted by molar-refractivity contribution is 5.92. The summed E-state index contributed by atoms with van der Waals surface area (Å²) in [4.78, 5) is 29.4. The SMILES string of the molecule is O=C(c1ccc(NCc2ccco2)cn1)N1CCN(c2ncccn2)CC1. The second-order valence-electron chi connectivity index (χ2n) is 6.19. The number of rotatable bonds is 5. The highest BCUT2D eigenvalue weighted by Gasteiger charge is 2.24. The summed E-state index contributed by atoms with van der Waals surface area (Å²) in [6.07, 6.45) is 6.77. The van der Waals surface area contributed by atoms with Crippen LogP contribution in [0.25, 0.3) is 0 Å². The summed E-state index contributed by atoms with van der Waals surface area (Å²) in [5.41, 5.74) is 1.29. The monoisotopic (exact) mass is 364 g/mol. The quantitative estimate of drug-likeness (QED) is 0.741. The molecular formula is C19H20N6O2. The van der Waals surface area contributed by atoms with Crippen LogP contribution >= 0.6 is 0 Å². The smallest absolute Gasteiger partial charge is 0.272 e. The summed E-state index contributed by atoms with van der Waals surface area (Å²) in [5.74, 6) is 1.49. The molecule has 0 unspecified atom stereocenters. The first-order valence-electron chi connectivity index (χ1n) is 8.83. The van der Waals surface area contributed by atoms with E-state index in [-0.39, 0.29) is 5.91 Å². The fraction of sp³-hybridized carbons (Fsp3) is 0.263. The number of nitrogens with one attached hydrogen (secondary N) is 1. The number of carbonyl (C=O) groups excluding carboxylic acids is 1. The lowest BCUT2D eigenvalue weighted by molar-refractivity contribution is 0.0740. The Labute approximate surface area is 156 Å². The number of aromatic nitrogens is 3. The molecule has 1 aliphatic heterocycles. The number of carbonyl (C=O) groups is 1. The van der Waals surface area contributed by atoms with Crippen LogP contribution in [0.3, 0.4) is 0 Å². The maximum atomic E-state index is 12.7. The maximum absolute atomic E-state index is 12.7. The van der Waals surface area contributed by atoms with Crippen LogP contribution in [0, 0.1) is 0 Å². The van der Waals surface area contributed by atoms with E-state index < -0.39 is 0 Å². The van der Waals surface area contributed by atoms with E-state index in [4.69, 9.17) is 4.42 Å². The van der Waals surface area contributed by atoms with Gasteiger partial charge >= 0.3 is 0 Å². The van der Waals surface area contributed by atoms with Gasteiger partial charge in [-0.25, -0.2) is 15.0 Å². The standard InChI is InChI=1S/C19H20N6O2/c26-18(24-8-10-25(11-9-24)19-20-6-2-7-21-19)17-5-4-15(13-23-17)22-14-16-3-1-12-27-16/h1-7,12-13,22H,8-11,14H2. The number of amides is 1. The normalized spacial score (nSPS) is 14.2. The number of pyridine rings is 1. The van der Waals surface area contributed by atoms with Crippen molar-refractivity contribution < 1.29 is 9.21 Å². The van der Waals surface area contributed by atoms with Crippen LogP contribution in [0.4, 0.5) is 11.6 Å². The van der Waals surface area contributed by atoms with Crippen molar-refractivity contribution in [3.63, 3.8) is 0 Å². The van der Waals surface area contributed by atoms with Crippen molar-refractivity contribution in [3.8, 4) is 0 Å². The predicted molar refractivity (Wildman–Crippen MR) is 100 cm³/mol. The third-order valence-electron chi connectivity index (χ3n) is 4.43. The molecule has 3 aromatic heterocycles. The molecule has 4 rings (SSSR count). The average Bonchev–Trinajstić information content (AvgIpc) is 3.27. The van der Waals surface area contributed by atoms with Gasteiger partial charge in [0.2, 0.25) is 5.95 Å². The number of nitrogens with zero attached hydrogens (tertiary/aromatic N) is 5. The Morgan fingerprint density at radius 3 is 2.52 bits per heavy atom. The molecule has 138 valence electrons. The van der Waals surface area contributed by atoms with E-state index in [0.717, 1.165) is 11.4 Å². The number of piperazine rings is 1. The van der Waals surface area contributed by atoms with E-state index in [1.165, 1.54) is 0 Å². The van der Waals surface area contributed by atoms with Crippen LogP contribution in [-0.2, 0) is 6.54 Å². The van der Waals surface area contributed by atoms with E-state index >= 15 is 0 Å². The summed E-state index contributed by atoms with van der Waals surface area (Å²) in [6, 6.07) is 9.15. The molecule has 0 aliphatic carbocycles. The molecule has 0 bridgehead atoms. The highest BCUT2D eigenvalue weighted by Crippen LogP contribution is 2.14. The summed E-state index contributed by atoms with van der Waals surface area (Å²) in [7, 11) is 0. The molecule has 0 radical (unpaired) electrons. The van der Waals surface area contributed by atoms with E-state index in [1.54, 1.807) is 37.0 Å². The van der Waals surface area contributed by atoms with Crippen molar-refractivity contribution >= 4 is 17.5 Å². The van der Waals surface area contributed by atoms with Crippen molar-refractivity contribution in [1.29, 1.82) is 0 Å². The van der Waals surface area contributed by atoms with E-state index in [2.05, 4.69) is 25.2 Å². The van der Waals surface area contributed by atoms with Crippen molar-refractivity contribution in [3.05, 3.63) is 66.6 Å². The van der Waals surface area contributed by atoms with Gasteiger partial charge < -0.3 is 19.5 Å². The highest BCUT2D eigenvalue weighted by atomic mass is 16.3. The molecule has 3 aromatic rings. The number of hydrogen-bond acceptors (Lipinski definition) is 7. The molecule has 27 heavy (non-hydrogen) atoms. The van der Waals surface area contributed by atoms with Crippen molar-refractivity contribution in [2.75, 3.05) is 36.4 Å². The Morgan fingerprint density at radius 2 is 1.85 bits per heavy atom. The lowest BCUT2D eigenvalue weighted by Gasteiger charge is -2.34. The molecule has 8 nitrogen and oxygen atoms in total. The van der Waals surface area contributed by atoms with Crippen molar-refractivity contribution in [1.82, 2.24) is 19.9 Å². The Hall–Kier alpha value is -3.42.